The van der Waals surface area contributed by atoms with Crippen LogP contribution in [0.1, 0.15) is 25.6 Å². The summed E-state index contributed by atoms with van der Waals surface area (Å²) in [5.74, 6) is 1.94. The van der Waals surface area contributed by atoms with Gasteiger partial charge in [0.2, 0.25) is 0 Å². The van der Waals surface area contributed by atoms with Crippen molar-refractivity contribution in [2.45, 2.75) is 52.2 Å². The first-order valence-electron chi connectivity index (χ1n) is 8.90. The van der Waals surface area contributed by atoms with Crippen LogP contribution >= 0.6 is 15.9 Å². The molecule has 8 heteroatoms. The van der Waals surface area contributed by atoms with Crippen molar-refractivity contribution in [1.82, 2.24) is 24.1 Å². The van der Waals surface area contributed by atoms with Crippen molar-refractivity contribution in [1.29, 1.82) is 0 Å². The van der Waals surface area contributed by atoms with Crippen LogP contribution in [-0.4, -0.2) is 38.8 Å². The van der Waals surface area contributed by atoms with E-state index in [1.54, 1.807) is 6.33 Å². The van der Waals surface area contributed by atoms with E-state index in [1.807, 2.05) is 22.7 Å². The number of pyridine rings is 1. The van der Waals surface area contributed by atoms with Gasteiger partial charge in [-0.3, -0.25) is 4.57 Å². The van der Waals surface area contributed by atoms with Crippen LogP contribution in [0.3, 0.4) is 0 Å². The third kappa shape index (κ3) is 4.24. The minimum Gasteiger partial charge on any atom is -0.361 e. The predicted molar refractivity (Wildman–Crippen MR) is 110 cm³/mol. The zero-order chi connectivity index (χ0) is 18.9. The van der Waals surface area contributed by atoms with E-state index in [2.05, 4.69) is 69.2 Å². The molecule has 0 saturated heterocycles. The number of ether oxygens (including phenoxy) is 1. The summed E-state index contributed by atoms with van der Waals surface area (Å²) in [6, 6.07) is 5.19. The van der Waals surface area contributed by atoms with Crippen molar-refractivity contribution in [3.8, 4) is 11.5 Å². The Kier molecular flexibility index (Phi) is 5.64. The number of halogens is 1. The molecule has 0 atom stereocenters. The first-order chi connectivity index (χ1) is 12.3. The Labute approximate surface area is 163 Å². The van der Waals surface area contributed by atoms with Gasteiger partial charge in [-0.15, -0.1) is 10.2 Å². The van der Waals surface area contributed by atoms with Gasteiger partial charge in [-0.05, 0) is 34.1 Å². The van der Waals surface area contributed by atoms with E-state index in [0.717, 1.165) is 40.0 Å². The van der Waals surface area contributed by atoms with Gasteiger partial charge in [0.1, 0.15) is 24.6 Å². The third-order valence-corrected chi connectivity index (χ3v) is 6.39. The first kappa shape index (κ1) is 19.3. The second-order valence-corrected chi connectivity index (χ2v) is 14.6. The van der Waals surface area contributed by atoms with Gasteiger partial charge in [0.05, 0.1) is 5.52 Å². The van der Waals surface area contributed by atoms with E-state index < -0.39 is 8.07 Å². The normalized spacial score (nSPS) is 12.4. The van der Waals surface area contributed by atoms with Gasteiger partial charge in [-0.2, -0.15) is 0 Å². The van der Waals surface area contributed by atoms with Crippen molar-refractivity contribution < 1.29 is 4.74 Å². The molecule has 3 aromatic heterocycles. The first-order valence-corrected chi connectivity index (χ1v) is 13.4. The molecule has 0 saturated carbocycles. The van der Waals surface area contributed by atoms with Crippen LogP contribution in [0.25, 0.3) is 17.0 Å². The smallest absolute Gasteiger partial charge is 0.186 e. The highest BCUT2D eigenvalue weighted by Gasteiger charge is 2.20. The van der Waals surface area contributed by atoms with Gasteiger partial charge in [-0.25, -0.2) is 4.98 Å². The molecule has 0 aliphatic rings. The second-order valence-electron chi connectivity index (χ2n) is 8.05. The minimum atomic E-state index is -1.11. The van der Waals surface area contributed by atoms with Crippen LogP contribution in [-0.2, 0) is 11.5 Å². The average Bonchev–Trinajstić information content (AvgIpc) is 3.13. The van der Waals surface area contributed by atoms with Crippen molar-refractivity contribution in [2.24, 2.45) is 0 Å². The van der Waals surface area contributed by atoms with Gasteiger partial charge in [-0.1, -0.05) is 33.5 Å². The fourth-order valence-electron chi connectivity index (χ4n) is 2.72. The standard InChI is InChI=1S/C18H26BrN5OSi/c1-13(2)17-21-22-18(24(17)12-25-8-9-26(3,4)5)16-15-7-6-14(19)10-23(15)11-20-16/h6-7,10-11,13H,8-9,12H2,1-5H3. The lowest BCUT2D eigenvalue weighted by atomic mass is 10.2. The average molecular weight is 436 g/mol. The van der Waals surface area contributed by atoms with Crippen molar-refractivity contribution in [2.75, 3.05) is 6.61 Å². The summed E-state index contributed by atoms with van der Waals surface area (Å²) < 4.78 is 11.0. The molecule has 3 heterocycles. The molecule has 0 amide bonds. The van der Waals surface area contributed by atoms with Gasteiger partial charge >= 0.3 is 0 Å². The quantitative estimate of drug-likeness (QED) is 0.395. The number of fused-ring (bicyclic) bond motifs is 1. The van der Waals surface area contributed by atoms with E-state index in [-0.39, 0.29) is 5.92 Å². The molecular formula is C18H26BrN5OSi. The molecule has 0 bridgehead atoms. The summed E-state index contributed by atoms with van der Waals surface area (Å²) in [5.41, 5.74) is 1.82. The number of hydrogen-bond acceptors (Lipinski definition) is 4. The fourth-order valence-corrected chi connectivity index (χ4v) is 3.83. The molecule has 0 fully saturated rings. The highest BCUT2D eigenvalue weighted by molar-refractivity contribution is 9.10. The SMILES string of the molecule is CC(C)c1nnc(-c2ncn3cc(Br)ccc23)n1COCC[Si](C)(C)C. The molecule has 26 heavy (non-hydrogen) atoms. The van der Waals surface area contributed by atoms with Crippen LogP contribution in [0.5, 0.6) is 0 Å². The third-order valence-electron chi connectivity index (χ3n) is 4.22. The van der Waals surface area contributed by atoms with E-state index in [1.165, 1.54) is 0 Å². The lowest BCUT2D eigenvalue weighted by Crippen LogP contribution is -2.22. The molecule has 0 spiro atoms. The van der Waals surface area contributed by atoms with E-state index in [4.69, 9.17) is 4.74 Å². The highest BCUT2D eigenvalue weighted by Crippen LogP contribution is 2.26. The predicted octanol–water partition coefficient (Wildman–Crippen LogP) is 4.79. The molecular weight excluding hydrogens is 410 g/mol. The molecule has 0 unspecified atom stereocenters. The van der Waals surface area contributed by atoms with Crippen LogP contribution < -0.4 is 0 Å². The molecule has 0 radical (unpaired) electrons. The molecule has 0 aromatic carbocycles. The molecule has 0 N–H and O–H groups in total. The summed E-state index contributed by atoms with van der Waals surface area (Å²) in [5, 5.41) is 8.84. The number of imidazole rings is 1. The van der Waals surface area contributed by atoms with E-state index in [9.17, 15) is 0 Å². The zero-order valence-electron chi connectivity index (χ0n) is 16.0. The zero-order valence-corrected chi connectivity index (χ0v) is 18.6. The fraction of sp³-hybridized carbons (Fsp3) is 0.500. The van der Waals surface area contributed by atoms with Crippen molar-refractivity contribution in [3.05, 3.63) is 35.0 Å². The molecule has 0 aliphatic heterocycles. The maximum atomic E-state index is 5.99. The van der Waals surface area contributed by atoms with Crippen molar-refractivity contribution in [3.63, 3.8) is 0 Å². The monoisotopic (exact) mass is 435 g/mol. The van der Waals surface area contributed by atoms with E-state index in [0.29, 0.717) is 6.73 Å². The number of rotatable bonds is 7. The number of aromatic nitrogens is 5. The summed E-state index contributed by atoms with van der Waals surface area (Å²) >= 11 is 3.50. The summed E-state index contributed by atoms with van der Waals surface area (Å²) in [4.78, 5) is 4.58. The lowest BCUT2D eigenvalue weighted by molar-refractivity contribution is 0.0855. The largest absolute Gasteiger partial charge is 0.361 e. The Hall–Kier alpha value is -1.51. The maximum Gasteiger partial charge on any atom is 0.186 e. The Bertz CT molecular complexity index is 897. The molecule has 0 aliphatic carbocycles. The van der Waals surface area contributed by atoms with Crippen LogP contribution in [0, 0.1) is 0 Å². The Morgan fingerprint density at radius 2 is 1.96 bits per heavy atom. The molecule has 6 nitrogen and oxygen atoms in total. The van der Waals surface area contributed by atoms with Crippen LogP contribution in [0.2, 0.25) is 25.7 Å². The topological polar surface area (TPSA) is 57.2 Å². The lowest BCUT2D eigenvalue weighted by Gasteiger charge is -2.17. The maximum absolute atomic E-state index is 5.99. The second kappa shape index (κ2) is 7.62. The van der Waals surface area contributed by atoms with E-state index >= 15 is 0 Å². The summed E-state index contributed by atoms with van der Waals surface area (Å²) in [6.07, 6.45) is 3.79. The number of nitrogens with zero attached hydrogens (tertiary/aromatic N) is 5. The van der Waals surface area contributed by atoms with Gasteiger partial charge in [0, 0.05) is 31.3 Å². The van der Waals surface area contributed by atoms with Crippen LogP contribution in [0.4, 0.5) is 0 Å². The Morgan fingerprint density at radius 1 is 1.19 bits per heavy atom. The van der Waals surface area contributed by atoms with Crippen molar-refractivity contribution >= 4 is 29.5 Å². The summed E-state index contributed by atoms with van der Waals surface area (Å²) in [6.45, 7) is 12.5. The highest BCUT2D eigenvalue weighted by atomic mass is 79.9. The van der Waals surface area contributed by atoms with Crippen LogP contribution in [0.15, 0.2) is 29.1 Å². The van der Waals surface area contributed by atoms with Gasteiger partial charge in [0.25, 0.3) is 0 Å². The molecule has 3 aromatic rings. The van der Waals surface area contributed by atoms with Gasteiger partial charge in [0.15, 0.2) is 5.82 Å². The molecule has 140 valence electrons. The Balaban J connectivity index is 1.91. The van der Waals surface area contributed by atoms with Gasteiger partial charge < -0.3 is 9.14 Å². The number of hydrogen-bond donors (Lipinski definition) is 0. The Morgan fingerprint density at radius 3 is 2.65 bits per heavy atom. The minimum absolute atomic E-state index is 0.264. The summed E-state index contributed by atoms with van der Waals surface area (Å²) in [7, 11) is -1.11. The molecule has 3 rings (SSSR count).